The van der Waals surface area contributed by atoms with Gasteiger partial charge in [-0.3, -0.25) is 9.59 Å². The first-order chi connectivity index (χ1) is 11.2. The highest BCUT2D eigenvalue weighted by molar-refractivity contribution is 7.90. The summed E-state index contributed by atoms with van der Waals surface area (Å²) in [5.74, 6) is -0.744. The van der Waals surface area contributed by atoms with Gasteiger partial charge in [-0.25, -0.2) is 12.7 Å². The third kappa shape index (κ3) is 2.59. The van der Waals surface area contributed by atoms with E-state index in [9.17, 15) is 18.0 Å². The van der Waals surface area contributed by atoms with Gasteiger partial charge in [0.25, 0.3) is 21.8 Å². The van der Waals surface area contributed by atoms with Crippen LogP contribution in [0.3, 0.4) is 0 Å². The molecule has 1 N–H and O–H groups in total. The molecule has 0 saturated carbocycles. The number of carbonyl (C=O) groups excluding carboxylic acids is 2. The number of sulfonamides is 1. The molecule has 2 heterocycles. The van der Waals surface area contributed by atoms with Crippen LogP contribution < -0.4 is 5.32 Å². The first-order valence-electron chi connectivity index (χ1n) is 7.99. The zero-order chi connectivity index (χ0) is 17.6. The summed E-state index contributed by atoms with van der Waals surface area (Å²) in [5, 5.41) is 3.26. The minimum atomic E-state index is -3.89. The van der Waals surface area contributed by atoms with Gasteiger partial charge in [-0.1, -0.05) is 0 Å². The van der Waals surface area contributed by atoms with Crippen molar-refractivity contribution in [2.45, 2.75) is 37.8 Å². The highest BCUT2D eigenvalue weighted by Crippen LogP contribution is 2.32. The van der Waals surface area contributed by atoms with Gasteiger partial charge in [-0.2, -0.15) is 0 Å². The molecule has 0 bridgehead atoms. The second-order valence-electron chi connectivity index (χ2n) is 6.52. The van der Waals surface area contributed by atoms with Crippen molar-refractivity contribution < 1.29 is 18.0 Å². The van der Waals surface area contributed by atoms with Crippen molar-refractivity contribution in [3.05, 3.63) is 29.3 Å². The van der Waals surface area contributed by atoms with Gasteiger partial charge in [0.1, 0.15) is 4.90 Å². The molecule has 130 valence electrons. The summed E-state index contributed by atoms with van der Waals surface area (Å²) in [7, 11) is -3.89. The maximum absolute atomic E-state index is 12.7. The molecular formula is C16H21N3O4S. The lowest BCUT2D eigenvalue weighted by atomic mass is 10.1. The van der Waals surface area contributed by atoms with Gasteiger partial charge in [0.15, 0.2) is 0 Å². The fourth-order valence-electron chi connectivity index (χ4n) is 3.19. The number of nitrogens with one attached hydrogen (secondary N) is 1. The van der Waals surface area contributed by atoms with Crippen LogP contribution in [0.15, 0.2) is 23.1 Å². The minimum Gasteiger partial charge on any atom is -0.336 e. The van der Waals surface area contributed by atoms with Crippen molar-refractivity contribution in [1.82, 2.24) is 14.5 Å². The van der Waals surface area contributed by atoms with Crippen LogP contribution in [-0.2, 0) is 10.0 Å². The molecule has 0 aliphatic carbocycles. The largest absolute Gasteiger partial charge is 0.336 e. The Labute approximate surface area is 141 Å². The standard InChI is InChI=1S/C16H21N3O4S/c1-10(2)19-16(21)13-5-4-12(8-14(13)24(19,22)23)15(20)18-7-6-17-11(3)9-18/h4-5,8,10-11,17H,6-7,9H2,1-3H3. The number of carbonyl (C=O) groups is 2. The summed E-state index contributed by atoms with van der Waals surface area (Å²) in [5.41, 5.74) is 0.429. The van der Waals surface area contributed by atoms with Crippen molar-refractivity contribution in [3.8, 4) is 0 Å². The molecule has 0 aromatic heterocycles. The predicted octanol–water partition coefficient (Wildman–Crippen LogP) is 0.673. The van der Waals surface area contributed by atoms with Gasteiger partial charge < -0.3 is 10.2 Å². The Balaban J connectivity index is 1.97. The number of fused-ring (bicyclic) bond motifs is 1. The average Bonchev–Trinajstić information content (AvgIpc) is 2.72. The fourth-order valence-corrected chi connectivity index (χ4v) is 4.98. The lowest BCUT2D eigenvalue weighted by Crippen LogP contribution is -2.51. The zero-order valence-electron chi connectivity index (χ0n) is 13.9. The van der Waals surface area contributed by atoms with Gasteiger partial charge >= 0.3 is 0 Å². The van der Waals surface area contributed by atoms with Crippen molar-refractivity contribution >= 4 is 21.8 Å². The Morgan fingerprint density at radius 2 is 2.04 bits per heavy atom. The second kappa shape index (κ2) is 5.86. The van der Waals surface area contributed by atoms with E-state index in [-0.39, 0.29) is 22.4 Å². The van der Waals surface area contributed by atoms with Crippen molar-refractivity contribution in [2.75, 3.05) is 19.6 Å². The lowest BCUT2D eigenvalue weighted by Gasteiger charge is -2.32. The molecule has 1 saturated heterocycles. The van der Waals surface area contributed by atoms with Gasteiger partial charge in [-0.15, -0.1) is 0 Å². The topological polar surface area (TPSA) is 86.8 Å². The molecule has 1 atom stereocenters. The molecule has 0 radical (unpaired) electrons. The van der Waals surface area contributed by atoms with E-state index in [1.165, 1.54) is 18.2 Å². The molecule has 1 unspecified atom stereocenters. The van der Waals surface area contributed by atoms with E-state index < -0.39 is 22.0 Å². The Kier molecular flexibility index (Phi) is 4.13. The smallest absolute Gasteiger partial charge is 0.269 e. The van der Waals surface area contributed by atoms with E-state index in [1.54, 1.807) is 18.7 Å². The monoisotopic (exact) mass is 351 g/mol. The van der Waals surface area contributed by atoms with E-state index in [4.69, 9.17) is 0 Å². The van der Waals surface area contributed by atoms with Crippen LogP contribution in [-0.4, -0.2) is 61.2 Å². The highest BCUT2D eigenvalue weighted by atomic mass is 32.2. The van der Waals surface area contributed by atoms with Gasteiger partial charge in [0, 0.05) is 37.3 Å². The van der Waals surface area contributed by atoms with E-state index in [1.807, 2.05) is 6.92 Å². The molecule has 1 fully saturated rings. The number of hydrogen-bond acceptors (Lipinski definition) is 5. The normalized spacial score (nSPS) is 22.8. The first kappa shape index (κ1) is 16.9. The fraction of sp³-hybridized carbons (Fsp3) is 0.500. The van der Waals surface area contributed by atoms with E-state index >= 15 is 0 Å². The molecule has 8 heteroatoms. The number of piperazine rings is 1. The van der Waals surface area contributed by atoms with E-state index in [2.05, 4.69) is 5.32 Å². The van der Waals surface area contributed by atoms with Crippen molar-refractivity contribution in [2.24, 2.45) is 0 Å². The van der Waals surface area contributed by atoms with E-state index in [0.717, 1.165) is 4.31 Å². The molecule has 7 nitrogen and oxygen atoms in total. The van der Waals surface area contributed by atoms with Crippen LogP contribution in [0.5, 0.6) is 0 Å². The summed E-state index contributed by atoms with van der Waals surface area (Å²) < 4.78 is 26.1. The van der Waals surface area contributed by atoms with Crippen molar-refractivity contribution in [3.63, 3.8) is 0 Å². The second-order valence-corrected chi connectivity index (χ2v) is 8.30. The number of benzene rings is 1. The maximum Gasteiger partial charge on any atom is 0.269 e. The first-order valence-corrected chi connectivity index (χ1v) is 9.43. The van der Waals surface area contributed by atoms with Crippen LogP contribution in [0, 0.1) is 0 Å². The Hall–Kier alpha value is -1.93. The molecule has 2 amide bonds. The highest BCUT2D eigenvalue weighted by Gasteiger charge is 2.43. The third-order valence-corrected chi connectivity index (χ3v) is 6.32. The molecule has 1 aromatic rings. The molecule has 2 aliphatic heterocycles. The Bertz CT molecular complexity index is 804. The van der Waals surface area contributed by atoms with E-state index in [0.29, 0.717) is 25.2 Å². The third-order valence-electron chi connectivity index (χ3n) is 4.32. The Morgan fingerprint density at radius 1 is 1.33 bits per heavy atom. The summed E-state index contributed by atoms with van der Waals surface area (Å²) in [6.07, 6.45) is 0. The van der Waals surface area contributed by atoms with Crippen LogP contribution in [0.1, 0.15) is 41.5 Å². The minimum absolute atomic E-state index is 0.0739. The quantitative estimate of drug-likeness (QED) is 0.846. The summed E-state index contributed by atoms with van der Waals surface area (Å²) in [6.45, 7) is 7.14. The van der Waals surface area contributed by atoms with Gasteiger partial charge in [-0.05, 0) is 39.0 Å². The molecule has 3 rings (SSSR count). The lowest BCUT2D eigenvalue weighted by molar-refractivity contribution is 0.0708. The molecule has 24 heavy (non-hydrogen) atoms. The number of rotatable bonds is 2. The molecule has 2 aliphatic rings. The van der Waals surface area contributed by atoms with Crippen molar-refractivity contribution in [1.29, 1.82) is 0 Å². The zero-order valence-corrected chi connectivity index (χ0v) is 14.8. The van der Waals surface area contributed by atoms with Crippen LogP contribution >= 0.6 is 0 Å². The van der Waals surface area contributed by atoms with Crippen LogP contribution in [0.25, 0.3) is 0 Å². The van der Waals surface area contributed by atoms with Crippen LogP contribution in [0.2, 0.25) is 0 Å². The summed E-state index contributed by atoms with van der Waals surface area (Å²) in [4.78, 5) is 26.6. The Morgan fingerprint density at radius 3 is 2.67 bits per heavy atom. The summed E-state index contributed by atoms with van der Waals surface area (Å²) in [6, 6.07) is 4.03. The average molecular weight is 351 g/mol. The molecule has 1 aromatic carbocycles. The number of hydrogen-bond donors (Lipinski definition) is 1. The SMILES string of the molecule is CC1CN(C(=O)c2ccc3c(c2)S(=O)(=O)N(C(C)C)C3=O)CCN1. The summed E-state index contributed by atoms with van der Waals surface area (Å²) >= 11 is 0. The number of amides is 2. The number of nitrogens with zero attached hydrogens (tertiary/aromatic N) is 2. The maximum atomic E-state index is 12.7. The van der Waals surface area contributed by atoms with Crippen LogP contribution in [0.4, 0.5) is 0 Å². The van der Waals surface area contributed by atoms with Gasteiger partial charge in [0.2, 0.25) is 0 Å². The van der Waals surface area contributed by atoms with Gasteiger partial charge in [0.05, 0.1) is 5.56 Å². The predicted molar refractivity (Wildman–Crippen MR) is 88.3 cm³/mol. The molecule has 0 spiro atoms. The molecular weight excluding hydrogens is 330 g/mol.